The van der Waals surface area contributed by atoms with Crippen molar-refractivity contribution in [3.63, 3.8) is 0 Å². The van der Waals surface area contributed by atoms with Gasteiger partial charge >= 0.3 is 0 Å². The number of nitrogens with one attached hydrogen (secondary N) is 1. The van der Waals surface area contributed by atoms with Gasteiger partial charge in [0.1, 0.15) is 5.75 Å². The first-order valence-corrected chi connectivity index (χ1v) is 7.54. The van der Waals surface area contributed by atoms with E-state index in [2.05, 4.69) is 45.6 Å². The van der Waals surface area contributed by atoms with E-state index in [1.165, 1.54) is 12.8 Å². The van der Waals surface area contributed by atoms with Crippen LogP contribution < -0.4 is 16.0 Å². The van der Waals surface area contributed by atoms with Gasteiger partial charge in [0, 0.05) is 4.47 Å². The van der Waals surface area contributed by atoms with Gasteiger partial charge in [0.05, 0.1) is 12.1 Å². The summed E-state index contributed by atoms with van der Waals surface area (Å²) in [6.07, 6.45) is 2.78. The molecule has 1 aliphatic rings. The lowest BCUT2D eigenvalue weighted by Crippen LogP contribution is -2.28. The fraction of sp³-hybridized carbons (Fsp3) is 0.250. The first-order valence-electron chi connectivity index (χ1n) is 6.74. The Bertz CT molecular complexity index is 564. The van der Waals surface area contributed by atoms with Gasteiger partial charge in [-0.2, -0.15) is 0 Å². The molecule has 0 heterocycles. The third-order valence-electron chi connectivity index (χ3n) is 3.41. The van der Waals surface area contributed by atoms with Crippen molar-refractivity contribution in [2.24, 2.45) is 5.84 Å². The van der Waals surface area contributed by atoms with E-state index in [9.17, 15) is 0 Å². The average Bonchev–Trinajstić information content (AvgIpc) is 3.27. The Morgan fingerprint density at radius 2 is 1.55 bits per heavy atom. The summed E-state index contributed by atoms with van der Waals surface area (Å²) in [7, 11) is 0. The van der Waals surface area contributed by atoms with E-state index in [-0.39, 0.29) is 6.04 Å². The fourth-order valence-corrected chi connectivity index (χ4v) is 2.42. The molecule has 0 aromatic heterocycles. The van der Waals surface area contributed by atoms with Crippen molar-refractivity contribution >= 4 is 15.9 Å². The topological polar surface area (TPSA) is 47.3 Å². The van der Waals surface area contributed by atoms with Crippen LogP contribution in [0.2, 0.25) is 0 Å². The number of ether oxygens (including phenoxy) is 1. The summed E-state index contributed by atoms with van der Waals surface area (Å²) < 4.78 is 6.82. The van der Waals surface area contributed by atoms with Crippen LogP contribution >= 0.6 is 15.9 Å². The van der Waals surface area contributed by atoms with Crippen molar-refractivity contribution in [3.8, 4) is 5.75 Å². The van der Waals surface area contributed by atoms with Gasteiger partial charge in [-0.05, 0) is 48.2 Å². The molecule has 0 saturated heterocycles. The van der Waals surface area contributed by atoms with E-state index in [0.717, 1.165) is 21.3 Å². The molecule has 0 amide bonds. The molecule has 1 fully saturated rings. The van der Waals surface area contributed by atoms with Crippen molar-refractivity contribution in [2.75, 3.05) is 0 Å². The van der Waals surface area contributed by atoms with Gasteiger partial charge in [-0.25, -0.2) is 5.43 Å². The zero-order chi connectivity index (χ0) is 13.9. The average molecular weight is 333 g/mol. The molecule has 1 saturated carbocycles. The van der Waals surface area contributed by atoms with Crippen LogP contribution in [0.25, 0.3) is 0 Å². The summed E-state index contributed by atoms with van der Waals surface area (Å²) in [5.41, 5.74) is 5.12. The minimum absolute atomic E-state index is 0.0157. The molecule has 2 aromatic carbocycles. The second-order valence-electron chi connectivity index (χ2n) is 5.04. The molecule has 0 spiro atoms. The van der Waals surface area contributed by atoms with E-state index >= 15 is 0 Å². The zero-order valence-electron chi connectivity index (χ0n) is 11.1. The Kier molecular flexibility index (Phi) is 4.05. The molecule has 4 heteroatoms. The smallest absolute Gasteiger partial charge is 0.119 e. The summed E-state index contributed by atoms with van der Waals surface area (Å²) in [4.78, 5) is 0. The number of hydrogen-bond acceptors (Lipinski definition) is 3. The van der Waals surface area contributed by atoms with Crippen LogP contribution in [-0.2, 0) is 0 Å². The second kappa shape index (κ2) is 5.95. The molecule has 3 nitrogen and oxygen atoms in total. The standard InChI is InChI=1S/C16H17BrN2O/c17-13-5-1-11(2-6-13)16(19-18)12-3-7-14(8-4-12)20-15-9-10-15/h1-8,15-16,19H,9-10,18H2. The normalized spacial score (nSPS) is 15.9. The maximum absolute atomic E-state index is 5.76. The van der Waals surface area contributed by atoms with Crippen LogP contribution in [0.1, 0.15) is 30.0 Å². The number of benzene rings is 2. The highest BCUT2D eigenvalue weighted by Crippen LogP contribution is 2.29. The highest BCUT2D eigenvalue weighted by molar-refractivity contribution is 9.10. The molecule has 104 valence electrons. The van der Waals surface area contributed by atoms with Crippen LogP contribution in [0.4, 0.5) is 0 Å². The first kappa shape index (κ1) is 13.6. The van der Waals surface area contributed by atoms with Crippen molar-refractivity contribution < 1.29 is 4.74 Å². The Morgan fingerprint density at radius 3 is 2.05 bits per heavy atom. The summed E-state index contributed by atoms with van der Waals surface area (Å²) in [6.45, 7) is 0. The Morgan fingerprint density at radius 1 is 1.00 bits per heavy atom. The SMILES string of the molecule is NNC(c1ccc(Br)cc1)c1ccc(OC2CC2)cc1. The maximum Gasteiger partial charge on any atom is 0.119 e. The lowest BCUT2D eigenvalue weighted by atomic mass is 9.99. The van der Waals surface area contributed by atoms with Gasteiger partial charge in [-0.15, -0.1) is 0 Å². The Hall–Kier alpha value is -1.36. The van der Waals surface area contributed by atoms with Crippen molar-refractivity contribution in [2.45, 2.75) is 25.0 Å². The van der Waals surface area contributed by atoms with Crippen LogP contribution in [0.3, 0.4) is 0 Å². The molecular weight excluding hydrogens is 316 g/mol. The highest BCUT2D eigenvalue weighted by atomic mass is 79.9. The number of halogens is 1. The third kappa shape index (κ3) is 3.20. The van der Waals surface area contributed by atoms with E-state index in [4.69, 9.17) is 10.6 Å². The first-order chi connectivity index (χ1) is 9.76. The van der Waals surface area contributed by atoms with E-state index in [1.807, 2.05) is 24.3 Å². The van der Waals surface area contributed by atoms with E-state index in [0.29, 0.717) is 6.10 Å². The molecule has 2 aromatic rings. The molecule has 1 aliphatic carbocycles. The summed E-state index contributed by atoms with van der Waals surface area (Å²) in [5.74, 6) is 6.64. The largest absolute Gasteiger partial charge is 0.490 e. The number of rotatable bonds is 5. The predicted molar refractivity (Wildman–Crippen MR) is 83.4 cm³/mol. The van der Waals surface area contributed by atoms with Crippen molar-refractivity contribution in [1.82, 2.24) is 5.43 Å². The summed E-state index contributed by atoms with van der Waals surface area (Å²) in [5, 5.41) is 0. The van der Waals surface area contributed by atoms with E-state index < -0.39 is 0 Å². The molecular formula is C16H17BrN2O. The second-order valence-corrected chi connectivity index (χ2v) is 5.95. The number of nitrogens with two attached hydrogens (primary N) is 1. The molecule has 3 rings (SSSR count). The van der Waals surface area contributed by atoms with Crippen LogP contribution in [0.15, 0.2) is 53.0 Å². The summed E-state index contributed by atoms with van der Waals surface area (Å²) >= 11 is 3.44. The maximum atomic E-state index is 5.76. The van der Waals surface area contributed by atoms with E-state index in [1.54, 1.807) is 0 Å². The lowest BCUT2D eigenvalue weighted by Gasteiger charge is -2.17. The van der Waals surface area contributed by atoms with Gasteiger partial charge < -0.3 is 4.74 Å². The predicted octanol–water partition coefficient (Wildman–Crippen LogP) is 3.54. The minimum atomic E-state index is -0.0157. The van der Waals surface area contributed by atoms with Crippen LogP contribution in [0.5, 0.6) is 5.75 Å². The molecule has 1 atom stereocenters. The van der Waals surface area contributed by atoms with Crippen LogP contribution in [-0.4, -0.2) is 6.10 Å². The number of hydrazine groups is 1. The van der Waals surface area contributed by atoms with Crippen LogP contribution in [0, 0.1) is 0 Å². The van der Waals surface area contributed by atoms with Crippen molar-refractivity contribution in [1.29, 1.82) is 0 Å². The molecule has 0 aliphatic heterocycles. The highest BCUT2D eigenvalue weighted by Gasteiger charge is 2.23. The van der Waals surface area contributed by atoms with Gasteiger partial charge in [-0.3, -0.25) is 5.84 Å². The molecule has 0 bridgehead atoms. The molecule has 3 N–H and O–H groups in total. The van der Waals surface area contributed by atoms with Crippen molar-refractivity contribution in [3.05, 3.63) is 64.1 Å². The summed E-state index contributed by atoms with van der Waals surface area (Å²) in [6, 6.07) is 16.3. The monoisotopic (exact) mass is 332 g/mol. The van der Waals surface area contributed by atoms with Gasteiger partial charge in [0.25, 0.3) is 0 Å². The number of hydrogen-bond donors (Lipinski definition) is 2. The third-order valence-corrected chi connectivity index (χ3v) is 3.94. The zero-order valence-corrected chi connectivity index (χ0v) is 12.6. The quantitative estimate of drug-likeness (QED) is 0.650. The molecule has 0 radical (unpaired) electrons. The Labute approximate surface area is 127 Å². The molecule has 20 heavy (non-hydrogen) atoms. The van der Waals surface area contributed by atoms with Gasteiger partial charge in [0.2, 0.25) is 0 Å². The van der Waals surface area contributed by atoms with Gasteiger partial charge in [0.15, 0.2) is 0 Å². The fourth-order valence-electron chi connectivity index (χ4n) is 2.16. The minimum Gasteiger partial charge on any atom is -0.490 e. The molecule has 1 unspecified atom stereocenters. The Balaban J connectivity index is 1.79. The lowest BCUT2D eigenvalue weighted by molar-refractivity contribution is 0.303. The van der Waals surface area contributed by atoms with Gasteiger partial charge in [-0.1, -0.05) is 40.2 Å².